The van der Waals surface area contributed by atoms with Gasteiger partial charge in [0.15, 0.2) is 6.04 Å². The molecule has 0 aromatic carbocycles. The number of thiazole rings is 1. The predicted octanol–water partition coefficient (Wildman–Crippen LogP) is 2.95. The number of urea groups is 1. The van der Waals surface area contributed by atoms with Crippen molar-refractivity contribution in [3.05, 3.63) is 33.5 Å². The topological polar surface area (TPSA) is 63.1 Å². The van der Waals surface area contributed by atoms with Crippen LogP contribution in [0.1, 0.15) is 34.4 Å². The van der Waals surface area contributed by atoms with Gasteiger partial charge in [-0.2, -0.15) is 18.3 Å². The first-order chi connectivity index (χ1) is 11.8. The molecule has 2 aromatic heterocycles. The fraction of sp³-hybridized carbons (Fsp3) is 0.533. The van der Waals surface area contributed by atoms with E-state index >= 15 is 0 Å². The molecule has 2 amide bonds. The molecule has 3 rings (SSSR count). The first-order valence-corrected chi connectivity index (χ1v) is 8.67. The molecule has 1 N–H and O–H groups in total. The van der Waals surface area contributed by atoms with Crippen LogP contribution in [0.15, 0.2) is 11.6 Å². The van der Waals surface area contributed by atoms with E-state index in [4.69, 9.17) is 0 Å². The van der Waals surface area contributed by atoms with Gasteiger partial charge in [0.2, 0.25) is 0 Å². The summed E-state index contributed by atoms with van der Waals surface area (Å²) in [7, 11) is 1.82. The van der Waals surface area contributed by atoms with Crippen LogP contribution in [0, 0.1) is 6.92 Å². The third-order valence-corrected chi connectivity index (χ3v) is 5.14. The minimum atomic E-state index is -4.61. The molecule has 1 unspecified atom stereocenters. The monoisotopic (exact) mass is 373 g/mol. The molecule has 0 aliphatic carbocycles. The van der Waals surface area contributed by atoms with Gasteiger partial charge >= 0.3 is 12.2 Å². The summed E-state index contributed by atoms with van der Waals surface area (Å²) in [5.74, 6) is 0. The zero-order valence-electron chi connectivity index (χ0n) is 13.8. The number of amides is 2. The van der Waals surface area contributed by atoms with E-state index in [9.17, 15) is 18.0 Å². The van der Waals surface area contributed by atoms with Crippen molar-refractivity contribution in [1.29, 1.82) is 0 Å². The average molecular weight is 373 g/mol. The van der Waals surface area contributed by atoms with Crippen LogP contribution in [0.2, 0.25) is 0 Å². The number of carbonyl (C=O) groups excluding carboxylic acids is 1. The van der Waals surface area contributed by atoms with E-state index < -0.39 is 18.2 Å². The number of alkyl halides is 3. The summed E-state index contributed by atoms with van der Waals surface area (Å²) < 4.78 is 41.9. The Labute approximate surface area is 146 Å². The molecule has 0 saturated heterocycles. The van der Waals surface area contributed by atoms with Crippen molar-refractivity contribution in [1.82, 2.24) is 25.0 Å². The largest absolute Gasteiger partial charge is 0.415 e. The Morgan fingerprint density at radius 3 is 2.84 bits per heavy atom. The minimum Gasteiger partial charge on any atom is -0.320 e. The maximum atomic E-state index is 13.4. The smallest absolute Gasteiger partial charge is 0.320 e. The molecule has 3 heterocycles. The second kappa shape index (κ2) is 6.66. The van der Waals surface area contributed by atoms with E-state index in [-0.39, 0.29) is 11.6 Å². The lowest BCUT2D eigenvalue weighted by molar-refractivity contribution is -0.155. The fourth-order valence-corrected chi connectivity index (χ4v) is 3.73. The van der Waals surface area contributed by atoms with Gasteiger partial charge in [-0.3, -0.25) is 4.68 Å². The van der Waals surface area contributed by atoms with Gasteiger partial charge in [0.1, 0.15) is 5.01 Å². The highest BCUT2D eigenvalue weighted by Gasteiger charge is 2.44. The first kappa shape index (κ1) is 17.7. The number of aryl methyl sites for hydroxylation is 2. The highest BCUT2D eigenvalue weighted by atomic mass is 32.1. The molecular weight excluding hydrogens is 355 g/mol. The quantitative estimate of drug-likeness (QED) is 0.880. The molecule has 0 spiro atoms. The molecule has 1 aliphatic heterocycles. The zero-order valence-corrected chi connectivity index (χ0v) is 14.6. The third kappa shape index (κ3) is 3.78. The van der Waals surface area contributed by atoms with Gasteiger partial charge in [0.05, 0.1) is 12.7 Å². The summed E-state index contributed by atoms with van der Waals surface area (Å²) in [6.45, 7) is 2.26. The van der Waals surface area contributed by atoms with Crippen molar-refractivity contribution >= 4 is 17.4 Å². The second-order valence-electron chi connectivity index (χ2n) is 6.02. The van der Waals surface area contributed by atoms with E-state index in [1.54, 1.807) is 17.8 Å². The Hall–Kier alpha value is -2.10. The predicted molar refractivity (Wildman–Crippen MR) is 86.1 cm³/mol. The minimum absolute atomic E-state index is 0.157. The Balaban J connectivity index is 1.77. The van der Waals surface area contributed by atoms with Gasteiger partial charge < -0.3 is 10.2 Å². The van der Waals surface area contributed by atoms with Gasteiger partial charge in [-0.1, -0.05) is 0 Å². The van der Waals surface area contributed by atoms with Crippen molar-refractivity contribution < 1.29 is 18.0 Å². The Bertz CT molecular complexity index is 770. The van der Waals surface area contributed by atoms with Crippen molar-refractivity contribution in [2.45, 2.75) is 38.5 Å². The second-order valence-corrected chi connectivity index (χ2v) is 6.91. The van der Waals surface area contributed by atoms with Crippen molar-refractivity contribution in [3.63, 3.8) is 0 Å². The van der Waals surface area contributed by atoms with Crippen LogP contribution >= 0.6 is 11.3 Å². The van der Waals surface area contributed by atoms with Crippen molar-refractivity contribution in [2.24, 2.45) is 7.05 Å². The van der Waals surface area contributed by atoms with Crippen molar-refractivity contribution in [2.75, 3.05) is 6.54 Å². The fourth-order valence-electron chi connectivity index (χ4n) is 2.86. The number of nitrogens with zero attached hydrogens (tertiary/aromatic N) is 4. The van der Waals surface area contributed by atoms with Crippen LogP contribution in [0.3, 0.4) is 0 Å². The number of nitrogens with one attached hydrogen (secondary N) is 1. The molecule has 0 saturated carbocycles. The first-order valence-electron chi connectivity index (χ1n) is 7.79. The zero-order chi connectivity index (χ0) is 18.2. The number of fused-ring (bicyclic) bond motifs is 1. The molecule has 136 valence electrons. The molecule has 1 aliphatic rings. The number of carbonyl (C=O) groups is 1. The normalized spacial score (nSPS) is 16.3. The van der Waals surface area contributed by atoms with Gasteiger partial charge in [0.25, 0.3) is 0 Å². The third-order valence-electron chi connectivity index (χ3n) is 4.12. The average Bonchev–Trinajstić information content (AvgIpc) is 3.02. The van der Waals surface area contributed by atoms with Gasteiger partial charge in [-0.25, -0.2) is 9.78 Å². The number of hydrogen-bond donors (Lipinski definition) is 1. The summed E-state index contributed by atoms with van der Waals surface area (Å²) >= 11 is 0.891. The Kier molecular flexibility index (Phi) is 4.72. The van der Waals surface area contributed by atoms with Crippen molar-refractivity contribution in [3.8, 4) is 0 Å². The molecule has 0 bridgehead atoms. The Morgan fingerprint density at radius 1 is 1.44 bits per heavy atom. The maximum Gasteiger partial charge on any atom is 0.415 e. The van der Waals surface area contributed by atoms with Crippen LogP contribution in [0.5, 0.6) is 0 Å². The maximum absolute atomic E-state index is 13.4. The summed E-state index contributed by atoms with van der Waals surface area (Å²) in [4.78, 5) is 17.8. The van der Waals surface area contributed by atoms with E-state index in [0.717, 1.165) is 29.0 Å². The van der Waals surface area contributed by atoms with E-state index in [0.29, 0.717) is 18.7 Å². The summed E-state index contributed by atoms with van der Waals surface area (Å²) in [6.07, 6.45) is -1.53. The lowest BCUT2D eigenvalue weighted by Crippen LogP contribution is -2.45. The lowest BCUT2D eigenvalue weighted by Gasteiger charge is -2.25. The number of rotatable bonds is 2. The van der Waals surface area contributed by atoms with Gasteiger partial charge in [0, 0.05) is 35.9 Å². The number of hydrogen-bond acceptors (Lipinski definition) is 4. The summed E-state index contributed by atoms with van der Waals surface area (Å²) in [6, 6.07) is -2.85. The van der Waals surface area contributed by atoms with Gasteiger partial charge in [-0.05, 0) is 19.8 Å². The van der Waals surface area contributed by atoms with E-state index in [2.05, 4.69) is 15.4 Å². The molecule has 6 nitrogen and oxygen atoms in total. The number of halogens is 3. The SMILES string of the molecule is Cc1csc(C(NC(=O)N2CCCc3c(cnn3C)C2)C(F)(F)F)n1. The van der Waals surface area contributed by atoms with Crippen LogP contribution in [0.25, 0.3) is 0 Å². The highest BCUT2D eigenvalue weighted by molar-refractivity contribution is 7.09. The standard InChI is InChI=1S/C15H18F3N5OS/c1-9-8-25-13(20-9)12(15(16,17)18)21-14(24)23-5-3-4-11-10(7-23)6-19-22(11)2/h6,8,12H,3-5,7H2,1-2H3,(H,21,24). The summed E-state index contributed by atoms with van der Waals surface area (Å²) in [5, 5.41) is 7.64. The van der Waals surface area contributed by atoms with Crippen LogP contribution in [0.4, 0.5) is 18.0 Å². The molecular formula is C15H18F3N5OS. The molecule has 0 fully saturated rings. The van der Waals surface area contributed by atoms with Crippen LogP contribution in [-0.2, 0) is 20.0 Å². The van der Waals surface area contributed by atoms with Crippen LogP contribution in [-0.4, -0.2) is 38.4 Å². The van der Waals surface area contributed by atoms with Crippen LogP contribution < -0.4 is 5.32 Å². The lowest BCUT2D eigenvalue weighted by atomic mass is 10.2. The molecule has 10 heteroatoms. The van der Waals surface area contributed by atoms with E-state index in [1.165, 1.54) is 10.3 Å². The molecule has 0 radical (unpaired) electrons. The molecule has 25 heavy (non-hydrogen) atoms. The van der Waals surface area contributed by atoms with E-state index in [1.807, 2.05) is 7.05 Å². The Morgan fingerprint density at radius 2 is 2.20 bits per heavy atom. The highest BCUT2D eigenvalue weighted by Crippen LogP contribution is 2.34. The van der Waals surface area contributed by atoms with Gasteiger partial charge in [-0.15, -0.1) is 11.3 Å². The summed E-state index contributed by atoms with van der Waals surface area (Å²) in [5.41, 5.74) is 2.38. The number of aromatic nitrogens is 3. The molecule has 1 atom stereocenters. The molecule has 2 aromatic rings.